The first-order chi connectivity index (χ1) is 14.6. The van der Waals surface area contributed by atoms with Crippen molar-refractivity contribution in [1.82, 2.24) is 15.6 Å². The van der Waals surface area contributed by atoms with E-state index in [0.29, 0.717) is 22.9 Å². The first-order valence-corrected chi connectivity index (χ1v) is 10.9. The molecule has 0 radical (unpaired) electrons. The molecular weight excluding hydrogens is 381 g/mol. The van der Waals surface area contributed by atoms with E-state index in [1.807, 2.05) is 0 Å². The molecule has 6 heteroatoms. The molecule has 1 heterocycles. The fourth-order valence-corrected chi connectivity index (χ4v) is 4.50. The number of carbonyl (C=O) groups is 2. The Morgan fingerprint density at radius 1 is 0.900 bits per heavy atom. The average Bonchev–Trinajstić information content (AvgIpc) is 3.27. The molecule has 0 saturated heterocycles. The zero-order valence-electron chi connectivity index (χ0n) is 17.1. The molecule has 0 unspecified atom stereocenters. The first-order valence-electron chi connectivity index (χ1n) is 10.9. The summed E-state index contributed by atoms with van der Waals surface area (Å²) in [6.45, 7) is 0. The highest BCUT2D eigenvalue weighted by Crippen LogP contribution is 2.26. The van der Waals surface area contributed by atoms with Crippen molar-refractivity contribution in [3.63, 3.8) is 0 Å². The SMILES string of the molecule is O=C(N[C@H]1CC[C@H](C(=O)NC2CCCC2)CC1)c1ccc(-c2cccc(F)c2)nc1. The van der Waals surface area contributed by atoms with Crippen molar-refractivity contribution in [3.05, 3.63) is 54.0 Å². The molecule has 2 amide bonds. The molecule has 158 valence electrons. The average molecular weight is 410 g/mol. The van der Waals surface area contributed by atoms with Gasteiger partial charge in [0.05, 0.1) is 11.3 Å². The molecule has 4 rings (SSSR count). The van der Waals surface area contributed by atoms with Crippen molar-refractivity contribution in [2.75, 3.05) is 0 Å². The molecule has 1 aromatic heterocycles. The van der Waals surface area contributed by atoms with Gasteiger partial charge in [-0.15, -0.1) is 0 Å². The van der Waals surface area contributed by atoms with Crippen LogP contribution in [-0.2, 0) is 4.79 Å². The van der Waals surface area contributed by atoms with E-state index in [-0.39, 0.29) is 29.6 Å². The van der Waals surface area contributed by atoms with E-state index >= 15 is 0 Å². The maximum absolute atomic E-state index is 13.4. The van der Waals surface area contributed by atoms with Crippen molar-refractivity contribution in [1.29, 1.82) is 0 Å². The van der Waals surface area contributed by atoms with Crippen LogP contribution in [-0.4, -0.2) is 28.9 Å². The Kier molecular flexibility index (Phi) is 6.41. The fourth-order valence-electron chi connectivity index (χ4n) is 4.50. The molecule has 2 N–H and O–H groups in total. The van der Waals surface area contributed by atoms with Crippen LogP contribution in [0.15, 0.2) is 42.6 Å². The Hall–Kier alpha value is -2.76. The highest BCUT2D eigenvalue weighted by Gasteiger charge is 2.29. The van der Waals surface area contributed by atoms with Crippen molar-refractivity contribution < 1.29 is 14.0 Å². The molecule has 30 heavy (non-hydrogen) atoms. The summed E-state index contributed by atoms with van der Waals surface area (Å²) >= 11 is 0. The van der Waals surface area contributed by atoms with Crippen LogP contribution < -0.4 is 10.6 Å². The molecule has 2 aliphatic carbocycles. The number of hydrogen-bond acceptors (Lipinski definition) is 3. The molecule has 2 fully saturated rings. The predicted molar refractivity (Wildman–Crippen MR) is 113 cm³/mol. The quantitative estimate of drug-likeness (QED) is 0.776. The van der Waals surface area contributed by atoms with Gasteiger partial charge in [0.1, 0.15) is 5.82 Å². The number of rotatable bonds is 5. The summed E-state index contributed by atoms with van der Waals surface area (Å²) in [5, 5.41) is 6.26. The van der Waals surface area contributed by atoms with Gasteiger partial charge in [-0.25, -0.2) is 4.39 Å². The van der Waals surface area contributed by atoms with E-state index in [0.717, 1.165) is 38.5 Å². The highest BCUT2D eigenvalue weighted by atomic mass is 19.1. The largest absolute Gasteiger partial charge is 0.353 e. The topological polar surface area (TPSA) is 71.1 Å². The van der Waals surface area contributed by atoms with Gasteiger partial charge < -0.3 is 10.6 Å². The summed E-state index contributed by atoms with van der Waals surface area (Å²) in [5.74, 6) is -0.231. The minimum absolute atomic E-state index is 0.0611. The Morgan fingerprint density at radius 3 is 2.30 bits per heavy atom. The van der Waals surface area contributed by atoms with Crippen molar-refractivity contribution in [3.8, 4) is 11.3 Å². The van der Waals surface area contributed by atoms with Crippen LogP contribution in [0.5, 0.6) is 0 Å². The van der Waals surface area contributed by atoms with E-state index in [4.69, 9.17) is 0 Å². The number of carbonyl (C=O) groups excluding carboxylic acids is 2. The molecule has 0 atom stereocenters. The van der Waals surface area contributed by atoms with Gasteiger partial charge in [-0.05, 0) is 62.8 Å². The number of amides is 2. The van der Waals surface area contributed by atoms with E-state index in [1.165, 1.54) is 31.2 Å². The zero-order valence-corrected chi connectivity index (χ0v) is 17.1. The summed E-state index contributed by atoms with van der Waals surface area (Å²) in [5.41, 5.74) is 1.78. The summed E-state index contributed by atoms with van der Waals surface area (Å²) in [4.78, 5) is 29.3. The van der Waals surface area contributed by atoms with Crippen LogP contribution in [0.1, 0.15) is 61.7 Å². The summed E-state index contributed by atoms with van der Waals surface area (Å²) in [6, 6.07) is 10.1. The third-order valence-electron chi connectivity index (χ3n) is 6.28. The van der Waals surface area contributed by atoms with Gasteiger partial charge in [0.25, 0.3) is 5.91 Å². The number of aromatic nitrogens is 1. The van der Waals surface area contributed by atoms with Crippen molar-refractivity contribution >= 4 is 11.8 Å². The maximum atomic E-state index is 13.4. The second kappa shape index (κ2) is 9.37. The van der Waals surface area contributed by atoms with E-state index in [9.17, 15) is 14.0 Å². The van der Waals surface area contributed by atoms with Gasteiger partial charge in [0, 0.05) is 29.8 Å². The van der Waals surface area contributed by atoms with Crippen molar-refractivity contribution in [2.45, 2.75) is 63.5 Å². The molecule has 2 saturated carbocycles. The normalized spacial score (nSPS) is 21.9. The molecule has 0 aliphatic heterocycles. The zero-order chi connectivity index (χ0) is 20.9. The Bertz CT molecular complexity index is 886. The van der Waals surface area contributed by atoms with Gasteiger partial charge in [-0.2, -0.15) is 0 Å². The Balaban J connectivity index is 1.27. The van der Waals surface area contributed by atoms with Crippen LogP contribution in [0.25, 0.3) is 11.3 Å². The number of pyridine rings is 1. The summed E-state index contributed by atoms with van der Waals surface area (Å²) in [7, 11) is 0. The second-order valence-corrected chi connectivity index (χ2v) is 8.45. The fraction of sp³-hybridized carbons (Fsp3) is 0.458. The number of halogens is 1. The lowest BCUT2D eigenvalue weighted by Crippen LogP contribution is -2.42. The number of hydrogen-bond donors (Lipinski definition) is 2. The summed E-state index contributed by atoms with van der Waals surface area (Å²) in [6.07, 6.45) is 9.37. The van der Waals surface area contributed by atoms with Gasteiger partial charge in [0.2, 0.25) is 5.91 Å². The lowest BCUT2D eigenvalue weighted by molar-refractivity contribution is -0.126. The van der Waals surface area contributed by atoms with Gasteiger partial charge in [-0.3, -0.25) is 14.6 Å². The molecule has 2 aromatic rings. The predicted octanol–water partition coefficient (Wildman–Crippen LogP) is 4.24. The lowest BCUT2D eigenvalue weighted by atomic mass is 9.85. The monoisotopic (exact) mass is 409 g/mol. The van der Waals surface area contributed by atoms with Crippen LogP contribution in [0, 0.1) is 11.7 Å². The van der Waals surface area contributed by atoms with Crippen LogP contribution in [0.4, 0.5) is 4.39 Å². The molecule has 1 aromatic carbocycles. The minimum atomic E-state index is -0.316. The smallest absolute Gasteiger partial charge is 0.253 e. The second-order valence-electron chi connectivity index (χ2n) is 8.45. The molecule has 5 nitrogen and oxygen atoms in total. The van der Waals surface area contributed by atoms with E-state index in [1.54, 1.807) is 24.3 Å². The van der Waals surface area contributed by atoms with E-state index in [2.05, 4.69) is 15.6 Å². The Morgan fingerprint density at radius 2 is 1.63 bits per heavy atom. The third-order valence-corrected chi connectivity index (χ3v) is 6.28. The highest BCUT2D eigenvalue weighted by molar-refractivity contribution is 5.94. The van der Waals surface area contributed by atoms with Gasteiger partial charge in [0.15, 0.2) is 0 Å². The standard InChI is InChI=1S/C24H28FN3O2/c25-19-5-3-4-17(14-19)22-13-10-18(15-26-22)24(30)28-21-11-8-16(9-12-21)23(29)27-20-6-1-2-7-20/h3-5,10,13-16,20-21H,1-2,6-9,11-12H2,(H,27,29)(H,28,30)/t16-,21-. The lowest BCUT2D eigenvalue weighted by Gasteiger charge is -2.29. The number of benzene rings is 1. The van der Waals surface area contributed by atoms with Crippen LogP contribution in [0.3, 0.4) is 0 Å². The van der Waals surface area contributed by atoms with Crippen LogP contribution in [0.2, 0.25) is 0 Å². The molecule has 2 aliphatic rings. The van der Waals surface area contributed by atoms with Crippen molar-refractivity contribution in [2.24, 2.45) is 5.92 Å². The number of nitrogens with zero attached hydrogens (tertiary/aromatic N) is 1. The van der Waals surface area contributed by atoms with Crippen LogP contribution >= 0.6 is 0 Å². The minimum Gasteiger partial charge on any atom is -0.353 e. The summed E-state index contributed by atoms with van der Waals surface area (Å²) < 4.78 is 13.4. The van der Waals surface area contributed by atoms with Gasteiger partial charge in [-0.1, -0.05) is 25.0 Å². The molecule has 0 spiro atoms. The molecular formula is C24H28FN3O2. The Labute approximate surface area is 176 Å². The van der Waals surface area contributed by atoms with E-state index < -0.39 is 0 Å². The molecule has 0 bridgehead atoms. The number of nitrogens with one attached hydrogen (secondary N) is 2. The first kappa shape index (κ1) is 20.5. The maximum Gasteiger partial charge on any atom is 0.253 e. The van der Waals surface area contributed by atoms with Gasteiger partial charge >= 0.3 is 0 Å². The third kappa shape index (κ3) is 5.04.